The number of rotatable bonds is 6. The van der Waals surface area contributed by atoms with Gasteiger partial charge in [0.25, 0.3) is 0 Å². The quantitative estimate of drug-likeness (QED) is 0.859. The first-order chi connectivity index (χ1) is 11.5. The average Bonchev–Trinajstić information content (AvgIpc) is 3.24. The zero-order valence-electron chi connectivity index (χ0n) is 13.2. The largest absolute Gasteiger partial charge is 0.495 e. The number of hydrogen-bond donors (Lipinski definition) is 1. The molecule has 2 aromatic rings. The Labute approximate surface area is 140 Å². The van der Waals surface area contributed by atoms with E-state index in [1.165, 1.54) is 25.5 Å². The average molecular weight is 350 g/mol. The number of furan rings is 1. The van der Waals surface area contributed by atoms with Gasteiger partial charge < -0.3 is 14.1 Å². The van der Waals surface area contributed by atoms with Gasteiger partial charge in [0.2, 0.25) is 15.9 Å². The van der Waals surface area contributed by atoms with Crippen LogP contribution in [0, 0.1) is 0 Å². The summed E-state index contributed by atoms with van der Waals surface area (Å²) < 4.78 is 37.8. The van der Waals surface area contributed by atoms with Gasteiger partial charge in [-0.2, -0.15) is 0 Å². The van der Waals surface area contributed by atoms with Crippen LogP contribution in [0.3, 0.4) is 0 Å². The minimum absolute atomic E-state index is 0.0357. The molecule has 1 N–H and O–H groups in total. The number of hydrogen-bond acceptors (Lipinski definition) is 5. The van der Waals surface area contributed by atoms with Crippen LogP contribution in [-0.4, -0.2) is 28.0 Å². The van der Waals surface area contributed by atoms with Gasteiger partial charge in [-0.15, -0.1) is 0 Å². The van der Waals surface area contributed by atoms with E-state index in [0.29, 0.717) is 30.2 Å². The van der Waals surface area contributed by atoms with E-state index < -0.39 is 10.0 Å². The Morgan fingerprint density at radius 3 is 2.79 bits per heavy atom. The molecule has 3 rings (SSSR count). The Balaban J connectivity index is 1.88. The topological polar surface area (TPSA) is 88.8 Å². The predicted molar refractivity (Wildman–Crippen MR) is 87.3 cm³/mol. The molecular weight excluding hydrogens is 332 g/mol. The maximum absolute atomic E-state index is 12.5. The number of nitrogens with one attached hydrogen (secondary N) is 1. The van der Waals surface area contributed by atoms with Crippen LogP contribution in [0.1, 0.15) is 18.6 Å². The summed E-state index contributed by atoms with van der Waals surface area (Å²) in [5, 5.41) is 0. The van der Waals surface area contributed by atoms with E-state index >= 15 is 0 Å². The van der Waals surface area contributed by atoms with Gasteiger partial charge in [0.1, 0.15) is 11.5 Å². The molecule has 0 aliphatic carbocycles. The van der Waals surface area contributed by atoms with Gasteiger partial charge in [-0.3, -0.25) is 4.79 Å². The first-order valence-electron chi connectivity index (χ1n) is 7.52. The third-order valence-corrected chi connectivity index (χ3v) is 5.24. The van der Waals surface area contributed by atoms with Crippen LogP contribution < -0.4 is 14.4 Å². The summed E-state index contributed by atoms with van der Waals surface area (Å²) >= 11 is 0. The van der Waals surface area contributed by atoms with Crippen LogP contribution in [0.2, 0.25) is 0 Å². The second kappa shape index (κ2) is 6.66. The monoisotopic (exact) mass is 350 g/mol. The minimum Gasteiger partial charge on any atom is -0.495 e. The minimum atomic E-state index is -3.73. The third-order valence-electron chi connectivity index (χ3n) is 3.84. The number of anilines is 1. The van der Waals surface area contributed by atoms with Gasteiger partial charge >= 0.3 is 0 Å². The highest BCUT2D eigenvalue weighted by Gasteiger charge is 2.26. The molecule has 0 unspecified atom stereocenters. The Morgan fingerprint density at radius 2 is 2.17 bits per heavy atom. The van der Waals surface area contributed by atoms with Crippen LogP contribution >= 0.6 is 0 Å². The highest BCUT2D eigenvalue weighted by atomic mass is 32.2. The molecule has 128 valence electrons. The molecule has 1 aromatic carbocycles. The summed E-state index contributed by atoms with van der Waals surface area (Å²) in [6.07, 6.45) is 2.68. The smallest absolute Gasteiger partial charge is 0.241 e. The fourth-order valence-electron chi connectivity index (χ4n) is 2.61. The van der Waals surface area contributed by atoms with Crippen LogP contribution in [0.15, 0.2) is 45.9 Å². The van der Waals surface area contributed by atoms with E-state index in [0.717, 1.165) is 6.42 Å². The van der Waals surface area contributed by atoms with Crippen molar-refractivity contribution in [1.82, 2.24) is 4.72 Å². The van der Waals surface area contributed by atoms with Crippen molar-refractivity contribution in [1.29, 1.82) is 0 Å². The number of benzene rings is 1. The van der Waals surface area contributed by atoms with Crippen molar-refractivity contribution in [2.75, 3.05) is 18.6 Å². The second-order valence-corrected chi connectivity index (χ2v) is 7.15. The maximum atomic E-state index is 12.5. The van der Waals surface area contributed by atoms with Crippen molar-refractivity contribution in [2.24, 2.45) is 0 Å². The Kier molecular flexibility index (Phi) is 4.59. The van der Waals surface area contributed by atoms with Crippen LogP contribution in [0.25, 0.3) is 0 Å². The molecular formula is C16H18N2O5S. The van der Waals surface area contributed by atoms with E-state index in [4.69, 9.17) is 9.15 Å². The predicted octanol–water partition coefficient (Wildman–Crippen LogP) is 1.89. The molecule has 1 aliphatic heterocycles. The van der Waals surface area contributed by atoms with Gasteiger partial charge in [-0.25, -0.2) is 13.1 Å². The fourth-order valence-corrected chi connectivity index (χ4v) is 3.63. The summed E-state index contributed by atoms with van der Waals surface area (Å²) in [5.41, 5.74) is 0.473. The van der Waals surface area contributed by atoms with Crippen molar-refractivity contribution < 1.29 is 22.4 Å². The van der Waals surface area contributed by atoms with E-state index in [9.17, 15) is 13.2 Å². The molecule has 0 spiro atoms. The molecule has 1 amide bonds. The SMILES string of the molecule is COc1ccc(S(=O)(=O)NCc2ccco2)cc1N1CCCC1=O. The molecule has 0 radical (unpaired) electrons. The first-order valence-corrected chi connectivity index (χ1v) is 9.00. The molecule has 1 aromatic heterocycles. The van der Waals surface area contributed by atoms with E-state index in [-0.39, 0.29) is 17.3 Å². The highest BCUT2D eigenvalue weighted by Crippen LogP contribution is 2.33. The Hall–Kier alpha value is -2.32. The van der Waals surface area contributed by atoms with Crippen molar-refractivity contribution in [3.63, 3.8) is 0 Å². The number of ether oxygens (including phenoxy) is 1. The lowest BCUT2D eigenvalue weighted by molar-refractivity contribution is -0.117. The van der Waals surface area contributed by atoms with Crippen LogP contribution in [0.5, 0.6) is 5.75 Å². The van der Waals surface area contributed by atoms with Gasteiger partial charge in [-0.1, -0.05) is 0 Å². The van der Waals surface area contributed by atoms with Gasteiger partial charge in [0, 0.05) is 13.0 Å². The van der Waals surface area contributed by atoms with Crippen molar-refractivity contribution in [3.05, 3.63) is 42.4 Å². The number of nitrogens with zero attached hydrogens (tertiary/aromatic N) is 1. The van der Waals surface area contributed by atoms with E-state index in [1.54, 1.807) is 23.1 Å². The summed E-state index contributed by atoms with van der Waals surface area (Å²) in [5.74, 6) is 0.948. The maximum Gasteiger partial charge on any atom is 0.241 e. The molecule has 1 aliphatic rings. The fraction of sp³-hybridized carbons (Fsp3) is 0.312. The lowest BCUT2D eigenvalue weighted by Crippen LogP contribution is -2.26. The van der Waals surface area contributed by atoms with Gasteiger partial charge in [0.15, 0.2) is 0 Å². The lowest BCUT2D eigenvalue weighted by atomic mass is 10.2. The number of amides is 1. The van der Waals surface area contributed by atoms with Crippen molar-refractivity contribution in [2.45, 2.75) is 24.3 Å². The molecule has 7 nitrogen and oxygen atoms in total. The van der Waals surface area contributed by atoms with E-state index in [2.05, 4.69) is 4.72 Å². The summed E-state index contributed by atoms with van der Waals surface area (Å²) in [7, 11) is -2.25. The van der Waals surface area contributed by atoms with Gasteiger partial charge in [-0.05, 0) is 36.8 Å². The van der Waals surface area contributed by atoms with Crippen LogP contribution in [0.4, 0.5) is 5.69 Å². The number of sulfonamides is 1. The lowest BCUT2D eigenvalue weighted by Gasteiger charge is -2.20. The normalized spacial score (nSPS) is 15.0. The summed E-state index contributed by atoms with van der Waals surface area (Å²) in [6, 6.07) is 7.85. The Bertz CT molecular complexity index is 830. The molecule has 8 heteroatoms. The standard InChI is InChI=1S/C16H18N2O5S/c1-22-15-7-6-13(10-14(15)18-8-2-5-16(18)19)24(20,21)17-11-12-4-3-9-23-12/h3-4,6-7,9-10,17H,2,5,8,11H2,1H3. The highest BCUT2D eigenvalue weighted by molar-refractivity contribution is 7.89. The molecule has 24 heavy (non-hydrogen) atoms. The van der Waals surface area contributed by atoms with Crippen molar-refractivity contribution in [3.8, 4) is 5.75 Å². The molecule has 0 atom stereocenters. The van der Waals surface area contributed by atoms with Gasteiger partial charge in [0.05, 0.1) is 30.5 Å². The zero-order valence-corrected chi connectivity index (χ0v) is 14.0. The summed E-state index contributed by atoms with van der Waals surface area (Å²) in [6.45, 7) is 0.609. The molecule has 0 saturated carbocycles. The molecule has 0 bridgehead atoms. The molecule has 2 heterocycles. The zero-order chi connectivity index (χ0) is 17.2. The second-order valence-electron chi connectivity index (χ2n) is 5.39. The van der Waals surface area contributed by atoms with E-state index in [1.807, 2.05) is 0 Å². The number of carbonyl (C=O) groups excluding carboxylic acids is 1. The first kappa shape index (κ1) is 16.5. The third kappa shape index (κ3) is 3.29. The molecule has 1 fully saturated rings. The number of methoxy groups -OCH3 is 1. The molecule has 1 saturated heterocycles. The summed E-state index contributed by atoms with van der Waals surface area (Å²) in [4.78, 5) is 13.6. The Morgan fingerprint density at radius 1 is 1.33 bits per heavy atom. The number of carbonyl (C=O) groups is 1. The van der Waals surface area contributed by atoms with Crippen LogP contribution in [-0.2, 0) is 21.4 Å². The van der Waals surface area contributed by atoms with Crippen molar-refractivity contribution >= 4 is 21.6 Å².